The highest BCUT2D eigenvalue weighted by molar-refractivity contribution is 5.48. The molecule has 3 heteroatoms. The Morgan fingerprint density at radius 1 is 1.18 bits per heavy atom. The summed E-state index contributed by atoms with van der Waals surface area (Å²) in [5.74, 6) is 1.98. The average Bonchev–Trinajstić information content (AvgIpc) is 2.88. The molecular weight excluding hydrogens is 274 g/mol. The number of hydrogen-bond acceptors (Lipinski definition) is 3. The number of nitrogens with one attached hydrogen (secondary N) is 1. The maximum Gasteiger partial charge on any atom is 0.124 e. The van der Waals surface area contributed by atoms with E-state index in [0.29, 0.717) is 6.61 Å². The predicted molar refractivity (Wildman–Crippen MR) is 88.4 cm³/mol. The van der Waals surface area contributed by atoms with Gasteiger partial charge in [-0.3, -0.25) is 0 Å². The van der Waals surface area contributed by atoms with Gasteiger partial charge in [0.1, 0.15) is 17.6 Å². The molecule has 0 amide bonds. The smallest absolute Gasteiger partial charge is 0.124 e. The second-order valence-electron chi connectivity index (χ2n) is 5.72. The third-order valence-corrected chi connectivity index (χ3v) is 3.87. The largest absolute Gasteiger partial charge is 0.494 e. The molecule has 1 aliphatic heterocycles. The standard InChI is InChI=1S/C19H23NO2/c1-3-21-18-10-16-9-14(2)22-19(16)11-17(18)13-20-12-15-7-5-4-6-8-15/h4-8,10-11,14,20H,3,9,12-13H2,1-2H3. The van der Waals surface area contributed by atoms with Gasteiger partial charge in [-0.25, -0.2) is 0 Å². The summed E-state index contributed by atoms with van der Waals surface area (Å²) in [6, 6.07) is 14.7. The molecule has 1 heterocycles. The van der Waals surface area contributed by atoms with Crippen molar-refractivity contribution < 1.29 is 9.47 Å². The summed E-state index contributed by atoms with van der Waals surface area (Å²) >= 11 is 0. The minimum Gasteiger partial charge on any atom is -0.494 e. The van der Waals surface area contributed by atoms with E-state index >= 15 is 0 Å². The molecule has 1 unspecified atom stereocenters. The minimum atomic E-state index is 0.261. The topological polar surface area (TPSA) is 30.5 Å². The summed E-state index contributed by atoms with van der Waals surface area (Å²) in [7, 11) is 0. The zero-order valence-electron chi connectivity index (χ0n) is 13.3. The maximum atomic E-state index is 5.86. The van der Waals surface area contributed by atoms with Gasteiger partial charge in [-0.1, -0.05) is 30.3 Å². The Bertz CT molecular complexity index is 625. The normalized spacial score (nSPS) is 16.2. The number of rotatable bonds is 6. The summed E-state index contributed by atoms with van der Waals surface area (Å²) in [6.45, 7) is 6.43. The zero-order chi connectivity index (χ0) is 15.4. The first-order chi connectivity index (χ1) is 10.8. The Balaban J connectivity index is 1.70. The lowest BCUT2D eigenvalue weighted by molar-refractivity contribution is 0.254. The lowest BCUT2D eigenvalue weighted by Crippen LogP contribution is -2.13. The van der Waals surface area contributed by atoms with Crippen molar-refractivity contribution in [2.45, 2.75) is 39.5 Å². The fraction of sp³-hybridized carbons (Fsp3) is 0.368. The molecule has 0 saturated heterocycles. The van der Waals surface area contributed by atoms with Crippen molar-refractivity contribution in [3.63, 3.8) is 0 Å². The van der Waals surface area contributed by atoms with Crippen LogP contribution in [0.4, 0.5) is 0 Å². The van der Waals surface area contributed by atoms with Crippen LogP contribution >= 0.6 is 0 Å². The SMILES string of the molecule is CCOc1cc2c(cc1CNCc1ccccc1)OC(C)C2. The van der Waals surface area contributed by atoms with Crippen molar-refractivity contribution in [3.8, 4) is 11.5 Å². The van der Waals surface area contributed by atoms with E-state index in [0.717, 1.165) is 36.6 Å². The molecule has 1 aliphatic rings. The first-order valence-corrected chi connectivity index (χ1v) is 7.96. The molecule has 3 rings (SSSR count). The van der Waals surface area contributed by atoms with Gasteiger partial charge in [-0.05, 0) is 31.5 Å². The van der Waals surface area contributed by atoms with E-state index in [2.05, 4.69) is 48.6 Å². The molecule has 22 heavy (non-hydrogen) atoms. The predicted octanol–water partition coefficient (Wildman–Crippen LogP) is 3.70. The van der Waals surface area contributed by atoms with Crippen molar-refractivity contribution in [2.24, 2.45) is 0 Å². The van der Waals surface area contributed by atoms with Gasteiger partial charge in [-0.15, -0.1) is 0 Å². The monoisotopic (exact) mass is 297 g/mol. The Labute approximate surface area is 132 Å². The van der Waals surface area contributed by atoms with Crippen LogP contribution < -0.4 is 14.8 Å². The summed E-state index contributed by atoms with van der Waals surface area (Å²) < 4.78 is 11.7. The van der Waals surface area contributed by atoms with Crippen LogP contribution in [0.2, 0.25) is 0 Å². The van der Waals surface area contributed by atoms with E-state index in [4.69, 9.17) is 9.47 Å². The third kappa shape index (κ3) is 3.42. The second-order valence-corrected chi connectivity index (χ2v) is 5.72. The maximum absolute atomic E-state index is 5.86. The van der Waals surface area contributed by atoms with Gasteiger partial charge >= 0.3 is 0 Å². The lowest BCUT2D eigenvalue weighted by Gasteiger charge is -2.13. The van der Waals surface area contributed by atoms with E-state index in [-0.39, 0.29) is 6.10 Å². The molecule has 0 aliphatic carbocycles. The summed E-state index contributed by atoms with van der Waals surface area (Å²) in [4.78, 5) is 0. The molecule has 3 nitrogen and oxygen atoms in total. The highest BCUT2D eigenvalue weighted by atomic mass is 16.5. The molecule has 2 aromatic carbocycles. The fourth-order valence-electron chi connectivity index (χ4n) is 2.85. The molecule has 0 fully saturated rings. The van der Waals surface area contributed by atoms with Gasteiger partial charge in [0.25, 0.3) is 0 Å². The van der Waals surface area contributed by atoms with Crippen LogP contribution in [0.15, 0.2) is 42.5 Å². The first kappa shape index (κ1) is 14.9. The molecule has 116 valence electrons. The summed E-state index contributed by atoms with van der Waals surface area (Å²) in [5, 5.41) is 3.48. The number of benzene rings is 2. The first-order valence-electron chi connectivity index (χ1n) is 7.96. The molecule has 0 saturated carbocycles. The van der Waals surface area contributed by atoms with Crippen molar-refractivity contribution in [3.05, 3.63) is 59.2 Å². The van der Waals surface area contributed by atoms with Crippen LogP contribution in [0, 0.1) is 0 Å². The van der Waals surface area contributed by atoms with E-state index in [1.54, 1.807) is 0 Å². The third-order valence-electron chi connectivity index (χ3n) is 3.87. The lowest BCUT2D eigenvalue weighted by atomic mass is 10.1. The van der Waals surface area contributed by atoms with Crippen molar-refractivity contribution in [1.29, 1.82) is 0 Å². The summed E-state index contributed by atoms with van der Waals surface area (Å²) in [6.07, 6.45) is 1.23. The molecule has 0 radical (unpaired) electrons. The average molecular weight is 297 g/mol. The van der Waals surface area contributed by atoms with Gasteiger partial charge in [0, 0.05) is 30.6 Å². The zero-order valence-corrected chi connectivity index (χ0v) is 13.3. The van der Waals surface area contributed by atoms with Crippen LogP contribution in [0.3, 0.4) is 0 Å². The highest BCUT2D eigenvalue weighted by Crippen LogP contribution is 2.35. The molecule has 1 N–H and O–H groups in total. The Hall–Kier alpha value is -2.00. The van der Waals surface area contributed by atoms with E-state index in [1.165, 1.54) is 11.1 Å². The molecule has 1 atom stereocenters. The molecule has 2 aromatic rings. The fourth-order valence-corrected chi connectivity index (χ4v) is 2.85. The van der Waals surface area contributed by atoms with E-state index < -0.39 is 0 Å². The van der Waals surface area contributed by atoms with Crippen LogP contribution in [0.25, 0.3) is 0 Å². The van der Waals surface area contributed by atoms with Crippen LogP contribution in [-0.4, -0.2) is 12.7 Å². The quantitative estimate of drug-likeness (QED) is 0.882. The Kier molecular flexibility index (Phi) is 4.64. The van der Waals surface area contributed by atoms with Crippen molar-refractivity contribution >= 4 is 0 Å². The van der Waals surface area contributed by atoms with Gasteiger partial charge in [0.15, 0.2) is 0 Å². The Morgan fingerprint density at radius 2 is 2.00 bits per heavy atom. The van der Waals surface area contributed by atoms with Gasteiger partial charge in [-0.2, -0.15) is 0 Å². The highest BCUT2D eigenvalue weighted by Gasteiger charge is 2.21. The van der Waals surface area contributed by atoms with Gasteiger partial charge < -0.3 is 14.8 Å². The van der Waals surface area contributed by atoms with Crippen molar-refractivity contribution in [2.75, 3.05) is 6.61 Å². The number of hydrogen-bond donors (Lipinski definition) is 1. The molecule has 0 bridgehead atoms. The molecular formula is C19H23NO2. The van der Waals surface area contributed by atoms with Gasteiger partial charge in [0.2, 0.25) is 0 Å². The van der Waals surface area contributed by atoms with E-state index in [9.17, 15) is 0 Å². The molecule has 0 aromatic heterocycles. The van der Waals surface area contributed by atoms with Crippen LogP contribution in [-0.2, 0) is 19.5 Å². The number of fused-ring (bicyclic) bond motifs is 1. The Morgan fingerprint density at radius 3 is 2.77 bits per heavy atom. The number of ether oxygens (including phenoxy) is 2. The van der Waals surface area contributed by atoms with Crippen LogP contribution in [0.1, 0.15) is 30.5 Å². The van der Waals surface area contributed by atoms with E-state index in [1.807, 2.05) is 13.0 Å². The minimum absolute atomic E-state index is 0.261. The van der Waals surface area contributed by atoms with Crippen LogP contribution in [0.5, 0.6) is 11.5 Å². The van der Waals surface area contributed by atoms with Crippen molar-refractivity contribution in [1.82, 2.24) is 5.32 Å². The summed E-state index contributed by atoms with van der Waals surface area (Å²) in [5.41, 5.74) is 3.69. The van der Waals surface area contributed by atoms with Gasteiger partial charge in [0.05, 0.1) is 6.61 Å². The molecule has 0 spiro atoms. The second kappa shape index (κ2) is 6.84.